The number of nitrogen functional groups attached to an aromatic ring is 1. The van der Waals surface area contributed by atoms with E-state index in [9.17, 15) is 4.79 Å². The number of nitrogens with two attached hydrogens (primary N) is 1. The number of carbonyl (C=O) groups is 1. The number of ketones is 1. The minimum atomic E-state index is 0.284. The minimum Gasteiger partial charge on any atom is -0.399 e. The van der Waals surface area contributed by atoms with E-state index in [1.54, 1.807) is 4.68 Å². The number of nitrogens with zero attached hydrogens (tertiary/aromatic N) is 2. The van der Waals surface area contributed by atoms with Gasteiger partial charge in [0, 0.05) is 31.8 Å². The molecule has 4 nitrogen and oxygen atoms in total. The normalized spacial score (nSPS) is 10.6. The molecule has 2 aromatic rings. The Morgan fingerprint density at radius 3 is 2.63 bits per heavy atom. The molecule has 0 atom stereocenters. The van der Waals surface area contributed by atoms with E-state index in [4.69, 9.17) is 5.73 Å². The maximum absolute atomic E-state index is 11.8. The summed E-state index contributed by atoms with van der Waals surface area (Å²) in [4.78, 5) is 11.8. The predicted octanol–water partition coefficient (Wildman–Crippen LogP) is 2.14. The Bertz CT molecular complexity index is 560. The molecule has 0 bridgehead atoms. The SMILES string of the molecule is Cn1cc(CCC(=O)CCc2cccc(N)c2)cn1. The van der Waals surface area contributed by atoms with E-state index >= 15 is 0 Å². The highest BCUT2D eigenvalue weighted by atomic mass is 16.1. The highest BCUT2D eigenvalue weighted by Crippen LogP contribution is 2.10. The molecule has 0 radical (unpaired) electrons. The first-order valence-corrected chi connectivity index (χ1v) is 6.47. The second-order valence-electron chi connectivity index (χ2n) is 4.81. The summed E-state index contributed by atoms with van der Waals surface area (Å²) in [6.45, 7) is 0. The summed E-state index contributed by atoms with van der Waals surface area (Å²) in [5.41, 5.74) is 8.69. The van der Waals surface area contributed by atoms with Crippen molar-refractivity contribution in [2.45, 2.75) is 25.7 Å². The number of anilines is 1. The number of rotatable bonds is 6. The van der Waals surface area contributed by atoms with Crippen molar-refractivity contribution in [3.05, 3.63) is 47.8 Å². The van der Waals surface area contributed by atoms with Crippen LogP contribution in [0.2, 0.25) is 0 Å². The summed E-state index contributed by atoms with van der Waals surface area (Å²) < 4.78 is 1.76. The van der Waals surface area contributed by atoms with Gasteiger partial charge < -0.3 is 5.73 Å². The molecular formula is C15H19N3O. The van der Waals surface area contributed by atoms with Gasteiger partial charge in [-0.1, -0.05) is 12.1 Å². The standard InChI is InChI=1S/C15H19N3O/c1-18-11-13(10-17-18)6-8-15(19)7-5-12-3-2-4-14(16)9-12/h2-4,9-11H,5-8,16H2,1H3. The van der Waals surface area contributed by atoms with Gasteiger partial charge in [-0.2, -0.15) is 5.10 Å². The van der Waals surface area contributed by atoms with Gasteiger partial charge in [0.2, 0.25) is 0 Å². The van der Waals surface area contributed by atoms with E-state index in [0.29, 0.717) is 12.8 Å². The first kappa shape index (κ1) is 13.3. The van der Waals surface area contributed by atoms with E-state index < -0.39 is 0 Å². The second kappa shape index (κ2) is 6.18. The number of benzene rings is 1. The quantitative estimate of drug-likeness (QED) is 0.806. The molecule has 0 amide bonds. The van der Waals surface area contributed by atoms with E-state index in [2.05, 4.69) is 5.10 Å². The van der Waals surface area contributed by atoms with Crippen molar-refractivity contribution in [2.24, 2.45) is 7.05 Å². The summed E-state index contributed by atoms with van der Waals surface area (Å²) in [5, 5.41) is 4.09. The Balaban J connectivity index is 1.75. The van der Waals surface area contributed by atoms with Crippen molar-refractivity contribution in [3.8, 4) is 0 Å². The van der Waals surface area contributed by atoms with E-state index in [1.807, 2.05) is 43.7 Å². The number of hydrogen-bond donors (Lipinski definition) is 1. The molecule has 0 unspecified atom stereocenters. The molecule has 0 aliphatic rings. The van der Waals surface area contributed by atoms with Crippen LogP contribution in [0.25, 0.3) is 0 Å². The molecule has 1 aromatic heterocycles. The number of aromatic nitrogens is 2. The van der Waals surface area contributed by atoms with Crippen LogP contribution in [0.1, 0.15) is 24.0 Å². The zero-order valence-electron chi connectivity index (χ0n) is 11.2. The van der Waals surface area contributed by atoms with Crippen LogP contribution >= 0.6 is 0 Å². The molecule has 0 saturated carbocycles. The maximum atomic E-state index is 11.8. The van der Waals surface area contributed by atoms with Crippen molar-refractivity contribution in [1.29, 1.82) is 0 Å². The summed E-state index contributed by atoms with van der Waals surface area (Å²) in [6.07, 6.45) is 6.44. The Labute approximate surface area is 113 Å². The largest absolute Gasteiger partial charge is 0.399 e. The van der Waals surface area contributed by atoms with Gasteiger partial charge in [-0.15, -0.1) is 0 Å². The highest BCUT2D eigenvalue weighted by Gasteiger charge is 2.05. The minimum absolute atomic E-state index is 0.284. The molecule has 19 heavy (non-hydrogen) atoms. The first-order chi connectivity index (χ1) is 9.13. The zero-order valence-corrected chi connectivity index (χ0v) is 11.2. The lowest BCUT2D eigenvalue weighted by Crippen LogP contribution is -2.02. The molecule has 4 heteroatoms. The molecule has 0 fully saturated rings. The van der Waals surface area contributed by atoms with Crippen LogP contribution in [0.4, 0.5) is 5.69 Å². The fourth-order valence-corrected chi connectivity index (χ4v) is 2.04. The van der Waals surface area contributed by atoms with Gasteiger partial charge >= 0.3 is 0 Å². The molecule has 0 spiro atoms. The molecule has 0 aliphatic carbocycles. The fourth-order valence-electron chi connectivity index (χ4n) is 2.04. The summed E-state index contributed by atoms with van der Waals surface area (Å²) in [7, 11) is 1.88. The maximum Gasteiger partial charge on any atom is 0.133 e. The van der Waals surface area contributed by atoms with Gasteiger partial charge in [0.05, 0.1) is 6.20 Å². The molecule has 2 rings (SSSR count). The number of aryl methyl sites for hydroxylation is 3. The van der Waals surface area contributed by atoms with E-state index in [-0.39, 0.29) is 5.78 Å². The van der Waals surface area contributed by atoms with Crippen LogP contribution < -0.4 is 5.73 Å². The molecule has 100 valence electrons. The first-order valence-electron chi connectivity index (χ1n) is 6.47. The van der Waals surface area contributed by atoms with Crippen LogP contribution in [0.3, 0.4) is 0 Å². The van der Waals surface area contributed by atoms with Crippen LogP contribution in [-0.4, -0.2) is 15.6 Å². The molecule has 0 saturated heterocycles. The lowest BCUT2D eigenvalue weighted by molar-refractivity contribution is -0.119. The Morgan fingerprint density at radius 2 is 2.00 bits per heavy atom. The Kier molecular flexibility index (Phi) is 4.34. The Hall–Kier alpha value is -2.10. The number of carbonyl (C=O) groups excluding carboxylic acids is 1. The van der Waals surface area contributed by atoms with Crippen molar-refractivity contribution in [3.63, 3.8) is 0 Å². The lowest BCUT2D eigenvalue weighted by Gasteiger charge is -2.02. The van der Waals surface area contributed by atoms with Gasteiger partial charge in [-0.25, -0.2) is 0 Å². The third-order valence-corrected chi connectivity index (χ3v) is 3.09. The van der Waals surface area contributed by atoms with Crippen LogP contribution in [0, 0.1) is 0 Å². The molecule has 1 aromatic carbocycles. The summed E-state index contributed by atoms with van der Waals surface area (Å²) in [5.74, 6) is 0.284. The fraction of sp³-hybridized carbons (Fsp3) is 0.333. The average Bonchev–Trinajstić information content (AvgIpc) is 2.80. The predicted molar refractivity (Wildman–Crippen MR) is 75.7 cm³/mol. The van der Waals surface area contributed by atoms with Gasteiger partial charge in [0.25, 0.3) is 0 Å². The van der Waals surface area contributed by atoms with E-state index in [1.165, 1.54) is 0 Å². The van der Waals surface area contributed by atoms with Gasteiger partial charge in [0.15, 0.2) is 0 Å². The Morgan fingerprint density at radius 1 is 1.26 bits per heavy atom. The van der Waals surface area contributed by atoms with Crippen LogP contribution in [-0.2, 0) is 24.7 Å². The van der Waals surface area contributed by atoms with Gasteiger partial charge in [-0.3, -0.25) is 9.48 Å². The lowest BCUT2D eigenvalue weighted by atomic mass is 10.0. The van der Waals surface area contributed by atoms with E-state index in [0.717, 1.165) is 29.7 Å². The number of hydrogen-bond acceptors (Lipinski definition) is 3. The summed E-state index contributed by atoms with van der Waals surface area (Å²) in [6, 6.07) is 7.71. The average molecular weight is 257 g/mol. The van der Waals surface area contributed by atoms with Crippen molar-refractivity contribution >= 4 is 11.5 Å². The molecule has 0 aliphatic heterocycles. The van der Waals surface area contributed by atoms with Gasteiger partial charge in [0.1, 0.15) is 5.78 Å². The summed E-state index contributed by atoms with van der Waals surface area (Å²) >= 11 is 0. The third kappa shape index (κ3) is 4.25. The third-order valence-electron chi connectivity index (χ3n) is 3.09. The van der Waals surface area contributed by atoms with Crippen LogP contribution in [0.5, 0.6) is 0 Å². The topological polar surface area (TPSA) is 60.9 Å². The molecule has 2 N–H and O–H groups in total. The van der Waals surface area contributed by atoms with Crippen molar-refractivity contribution in [1.82, 2.24) is 9.78 Å². The monoisotopic (exact) mass is 257 g/mol. The highest BCUT2D eigenvalue weighted by molar-refractivity contribution is 5.78. The van der Waals surface area contributed by atoms with Crippen molar-refractivity contribution < 1.29 is 4.79 Å². The smallest absolute Gasteiger partial charge is 0.133 e. The van der Waals surface area contributed by atoms with Gasteiger partial charge in [-0.05, 0) is 36.1 Å². The van der Waals surface area contributed by atoms with Crippen molar-refractivity contribution in [2.75, 3.05) is 5.73 Å². The molecule has 1 heterocycles. The van der Waals surface area contributed by atoms with Crippen LogP contribution in [0.15, 0.2) is 36.7 Å². The second-order valence-corrected chi connectivity index (χ2v) is 4.81. The number of Topliss-reactive ketones (excluding diaryl/α,β-unsaturated/α-hetero) is 1. The zero-order chi connectivity index (χ0) is 13.7. The molecular weight excluding hydrogens is 238 g/mol.